The molecule has 2 aromatic carbocycles. The van der Waals surface area contributed by atoms with Crippen molar-refractivity contribution < 1.29 is 4.79 Å². The lowest BCUT2D eigenvalue weighted by molar-refractivity contribution is 0.104. The number of nitrogens with one attached hydrogen (secondary N) is 1. The number of aryl methyl sites for hydroxylation is 1. The minimum absolute atomic E-state index is 0.157. The van der Waals surface area contributed by atoms with Crippen molar-refractivity contribution in [3.05, 3.63) is 83.2 Å². The zero-order valence-electron chi connectivity index (χ0n) is 13.2. The number of hydrogen-bond donors (Lipinski definition) is 1. The number of rotatable bonds is 4. The molecule has 0 unspecified atom stereocenters. The molecule has 0 saturated heterocycles. The van der Waals surface area contributed by atoms with Crippen LogP contribution in [-0.2, 0) is 0 Å². The lowest BCUT2D eigenvalue weighted by Gasteiger charge is -1.94. The second-order valence-electron chi connectivity index (χ2n) is 5.36. The molecule has 4 nitrogen and oxygen atoms in total. The average molecular weight is 313 g/mol. The third-order valence-electron chi connectivity index (χ3n) is 3.63. The predicted octanol–water partition coefficient (Wildman–Crippen LogP) is 4.15. The maximum Gasteiger partial charge on any atom is 0.206 e. The van der Waals surface area contributed by atoms with Crippen LogP contribution in [0.25, 0.3) is 17.5 Å². The van der Waals surface area contributed by atoms with Crippen molar-refractivity contribution in [3.8, 4) is 17.5 Å². The van der Waals surface area contributed by atoms with Gasteiger partial charge in [-0.25, -0.2) is 4.98 Å². The van der Waals surface area contributed by atoms with E-state index in [-0.39, 0.29) is 5.78 Å². The Labute approximate surface area is 140 Å². The number of ketones is 1. The summed E-state index contributed by atoms with van der Waals surface area (Å²) >= 11 is 0. The standard InChI is InChI=1S/C20H15N3O/c1-14-19(23-20(22-14)17-5-3-2-4-6-17)18(24)12-11-15-7-9-16(13-21)10-8-15/h2-12H,1H3,(H,22,23)/b12-11+. The Bertz CT molecular complexity index is 929. The van der Waals surface area contributed by atoms with Gasteiger partial charge in [-0.1, -0.05) is 48.5 Å². The molecule has 24 heavy (non-hydrogen) atoms. The van der Waals surface area contributed by atoms with Crippen molar-refractivity contribution in [1.29, 1.82) is 5.26 Å². The Kier molecular flexibility index (Phi) is 4.35. The number of nitriles is 1. The van der Waals surface area contributed by atoms with Crippen LogP contribution in [0.5, 0.6) is 0 Å². The predicted molar refractivity (Wildman–Crippen MR) is 93.3 cm³/mol. The molecule has 4 heteroatoms. The number of H-pyrrole nitrogens is 1. The van der Waals surface area contributed by atoms with E-state index < -0.39 is 0 Å². The minimum atomic E-state index is -0.157. The number of aromatic nitrogens is 2. The van der Waals surface area contributed by atoms with Crippen molar-refractivity contribution in [1.82, 2.24) is 9.97 Å². The molecular formula is C20H15N3O. The largest absolute Gasteiger partial charge is 0.341 e. The normalized spacial score (nSPS) is 10.7. The third kappa shape index (κ3) is 3.31. The summed E-state index contributed by atoms with van der Waals surface area (Å²) in [6.45, 7) is 1.84. The number of carbonyl (C=O) groups is 1. The van der Waals surface area contributed by atoms with Crippen LogP contribution in [-0.4, -0.2) is 15.8 Å². The minimum Gasteiger partial charge on any atom is -0.341 e. The first-order valence-corrected chi connectivity index (χ1v) is 7.52. The number of imidazole rings is 1. The first-order chi connectivity index (χ1) is 11.7. The van der Waals surface area contributed by atoms with E-state index in [1.807, 2.05) is 37.3 Å². The monoisotopic (exact) mass is 313 g/mol. The van der Waals surface area contributed by atoms with Gasteiger partial charge < -0.3 is 4.98 Å². The van der Waals surface area contributed by atoms with Gasteiger partial charge in [0.15, 0.2) is 0 Å². The van der Waals surface area contributed by atoms with Crippen LogP contribution in [0, 0.1) is 18.3 Å². The van der Waals surface area contributed by atoms with Gasteiger partial charge in [0.05, 0.1) is 11.6 Å². The van der Waals surface area contributed by atoms with E-state index in [1.54, 1.807) is 30.3 Å². The fraction of sp³-hybridized carbons (Fsp3) is 0.0500. The SMILES string of the molecule is Cc1[nH]c(-c2ccccc2)nc1C(=O)/C=C/c1ccc(C#N)cc1. The summed E-state index contributed by atoms with van der Waals surface area (Å²) in [4.78, 5) is 20.0. The molecule has 0 aliphatic heterocycles. The van der Waals surface area contributed by atoms with Crippen molar-refractivity contribution in [3.63, 3.8) is 0 Å². The summed E-state index contributed by atoms with van der Waals surface area (Å²) in [6.07, 6.45) is 3.22. The number of aromatic amines is 1. The van der Waals surface area contributed by atoms with E-state index in [4.69, 9.17) is 5.26 Å². The molecular weight excluding hydrogens is 298 g/mol. The van der Waals surface area contributed by atoms with E-state index in [9.17, 15) is 4.79 Å². The maximum absolute atomic E-state index is 12.4. The molecule has 0 radical (unpaired) electrons. The molecule has 0 fully saturated rings. The fourth-order valence-corrected chi connectivity index (χ4v) is 2.35. The van der Waals surface area contributed by atoms with Gasteiger partial charge in [0.2, 0.25) is 5.78 Å². The Morgan fingerprint density at radius 3 is 2.50 bits per heavy atom. The molecule has 0 spiro atoms. The highest BCUT2D eigenvalue weighted by atomic mass is 16.1. The summed E-state index contributed by atoms with van der Waals surface area (Å²) in [5.74, 6) is 0.526. The van der Waals surface area contributed by atoms with Crippen LogP contribution < -0.4 is 0 Å². The second kappa shape index (κ2) is 6.76. The Hall–Kier alpha value is -3.45. The average Bonchev–Trinajstić information content (AvgIpc) is 3.03. The number of nitrogens with zero attached hydrogens (tertiary/aromatic N) is 2. The van der Waals surface area contributed by atoms with E-state index in [0.29, 0.717) is 17.1 Å². The van der Waals surface area contributed by atoms with E-state index in [1.165, 1.54) is 6.08 Å². The fourth-order valence-electron chi connectivity index (χ4n) is 2.35. The van der Waals surface area contributed by atoms with Gasteiger partial charge in [-0.3, -0.25) is 4.79 Å². The molecule has 3 aromatic rings. The summed E-state index contributed by atoms with van der Waals surface area (Å²) in [5.41, 5.74) is 3.55. The van der Waals surface area contributed by atoms with Crippen molar-refractivity contribution >= 4 is 11.9 Å². The first kappa shape index (κ1) is 15.4. The molecule has 0 atom stereocenters. The van der Waals surface area contributed by atoms with Crippen LogP contribution in [0.2, 0.25) is 0 Å². The number of carbonyl (C=O) groups excluding carboxylic acids is 1. The van der Waals surface area contributed by atoms with Gasteiger partial charge in [0, 0.05) is 11.3 Å². The first-order valence-electron chi connectivity index (χ1n) is 7.52. The maximum atomic E-state index is 12.4. The molecule has 0 saturated carbocycles. The number of hydrogen-bond acceptors (Lipinski definition) is 3. The highest BCUT2D eigenvalue weighted by molar-refractivity contribution is 6.06. The molecule has 1 heterocycles. The molecule has 1 N–H and O–H groups in total. The smallest absolute Gasteiger partial charge is 0.206 e. The van der Waals surface area contributed by atoms with Gasteiger partial charge in [-0.05, 0) is 30.7 Å². The van der Waals surface area contributed by atoms with E-state index in [0.717, 1.165) is 16.8 Å². The molecule has 0 aliphatic carbocycles. The van der Waals surface area contributed by atoms with Gasteiger partial charge in [-0.15, -0.1) is 0 Å². The molecule has 116 valence electrons. The molecule has 3 rings (SSSR count). The van der Waals surface area contributed by atoms with Crippen LogP contribution in [0.3, 0.4) is 0 Å². The van der Waals surface area contributed by atoms with Gasteiger partial charge >= 0.3 is 0 Å². The van der Waals surface area contributed by atoms with Crippen LogP contribution >= 0.6 is 0 Å². The highest BCUT2D eigenvalue weighted by Gasteiger charge is 2.13. The van der Waals surface area contributed by atoms with Crippen LogP contribution in [0.1, 0.15) is 27.3 Å². The molecule has 0 bridgehead atoms. The number of benzene rings is 2. The zero-order valence-corrected chi connectivity index (χ0v) is 13.2. The molecule has 1 aromatic heterocycles. The molecule has 0 amide bonds. The van der Waals surface area contributed by atoms with Gasteiger partial charge in [0.1, 0.15) is 11.5 Å². The van der Waals surface area contributed by atoms with E-state index in [2.05, 4.69) is 16.0 Å². The van der Waals surface area contributed by atoms with Crippen molar-refractivity contribution in [2.45, 2.75) is 6.92 Å². The summed E-state index contributed by atoms with van der Waals surface area (Å²) in [7, 11) is 0. The van der Waals surface area contributed by atoms with Crippen LogP contribution in [0.15, 0.2) is 60.7 Å². The Morgan fingerprint density at radius 1 is 1.12 bits per heavy atom. The lowest BCUT2D eigenvalue weighted by Crippen LogP contribution is -1.97. The summed E-state index contributed by atoms with van der Waals surface area (Å²) in [5, 5.41) is 8.79. The van der Waals surface area contributed by atoms with E-state index >= 15 is 0 Å². The second-order valence-corrected chi connectivity index (χ2v) is 5.36. The van der Waals surface area contributed by atoms with Crippen molar-refractivity contribution in [2.75, 3.05) is 0 Å². The third-order valence-corrected chi connectivity index (χ3v) is 3.63. The highest BCUT2D eigenvalue weighted by Crippen LogP contribution is 2.18. The quantitative estimate of drug-likeness (QED) is 0.581. The zero-order chi connectivity index (χ0) is 16.9. The Morgan fingerprint density at radius 2 is 1.83 bits per heavy atom. The number of allylic oxidation sites excluding steroid dienone is 1. The molecule has 0 aliphatic rings. The van der Waals surface area contributed by atoms with Gasteiger partial charge in [0.25, 0.3) is 0 Å². The van der Waals surface area contributed by atoms with Crippen LogP contribution in [0.4, 0.5) is 0 Å². The Balaban J connectivity index is 1.81. The van der Waals surface area contributed by atoms with Gasteiger partial charge in [-0.2, -0.15) is 5.26 Å². The topological polar surface area (TPSA) is 69.5 Å². The lowest BCUT2D eigenvalue weighted by atomic mass is 10.1. The summed E-state index contributed by atoms with van der Waals surface area (Å²) in [6, 6.07) is 18.8. The summed E-state index contributed by atoms with van der Waals surface area (Å²) < 4.78 is 0. The van der Waals surface area contributed by atoms with Crippen molar-refractivity contribution in [2.24, 2.45) is 0 Å².